The minimum atomic E-state index is -3.69. The summed E-state index contributed by atoms with van der Waals surface area (Å²) < 4.78 is 32.9. The molecule has 1 aliphatic carbocycles. The van der Waals surface area contributed by atoms with Crippen molar-refractivity contribution in [1.82, 2.24) is 14.9 Å². The van der Waals surface area contributed by atoms with Crippen LogP contribution in [0, 0.1) is 0 Å². The zero-order valence-corrected chi connectivity index (χ0v) is 15.8. The second-order valence-electron chi connectivity index (χ2n) is 6.16. The Morgan fingerprint density at radius 1 is 1.28 bits per heavy atom. The van der Waals surface area contributed by atoms with Crippen molar-refractivity contribution in [1.29, 1.82) is 0 Å². The van der Waals surface area contributed by atoms with Crippen LogP contribution >= 0.6 is 12.4 Å². The molecule has 25 heavy (non-hydrogen) atoms. The third-order valence-corrected chi connectivity index (χ3v) is 5.77. The molecule has 2 aliphatic rings. The normalized spacial score (nSPS) is 18.2. The first-order valence-electron chi connectivity index (χ1n) is 8.21. The van der Waals surface area contributed by atoms with Crippen LogP contribution in [0.25, 0.3) is 0 Å². The molecule has 1 aromatic rings. The van der Waals surface area contributed by atoms with Gasteiger partial charge < -0.3 is 15.0 Å². The van der Waals surface area contributed by atoms with E-state index in [9.17, 15) is 13.2 Å². The number of nitrogens with one attached hydrogen (secondary N) is 2. The number of hydrogen-bond acceptors (Lipinski definition) is 5. The molecular weight excluding hydrogens is 366 g/mol. The van der Waals surface area contributed by atoms with Crippen LogP contribution in [0.2, 0.25) is 0 Å². The molecule has 0 atom stereocenters. The molecule has 1 amide bonds. The van der Waals surface area contributed by atoms with Gasteiger partial charge in [-0.1, -0.05) is 0 Å². The number of carbonyl (C=O) groups excluding carboxylic acids is 1. The quantitative estimate of drug-likeness (QED) is 0.784. The summed E-state index contributed by atoms with van der Waals surface area (Å²) in [4.78, 5) is 14.5. The van der Waals surface area contributed by atoms with Gasteiger partial charge in [0.15, 0.2) is 0 Å². The highest BCUT2D eigenvalue weighted by atomic mass is 35.5. The van der Waals surface area contributed by atoms with Gasteiger partial charge in [0.25, 0.3) is 5.91 Å². The highest BCUT2D eigenvalue weighted by Crippen LogP contribution is 2.28. The maximum Gasteiger partial charge on any atom is 0.253 e. The van der Waals surface area contributed by atoms with Crippen molar-refractivity contribution in [3.63, 3.8) is 0 Å². The lowest BCUT2D eigenvalue weighted by Gasteiger charge is -2.20. The smallest absolute Gasteiger partial charge is 0.253 e. The van der Waals surface area contributed by atoms with Gasteiger partial charge in [0.1, 0.15) is 10.6 Å². The molecule has 1 heterocycles. The molecule has 0 radical (unpaired) electrons. The number of ether oxygens (including phenoxy) is 1. The zero-order chi connectivity index (χ0) is 17.2. The number of amides is 1. The Balaban J connectivity index is 0.00000225. The molecule has 1 aliphatic heterocycles. The van der Waals surface area contributed by atoms with Crippen molar-refractivity contribution in [2.75, 3.05) is 33.3 Å². The van der Waals surface area contributed by atoms with E-state index in [0.29, 0.717) is 18.7 Å². The number of methoxy groups -OCH3 is 1. The minimum absolute atomic E-state index is 0. The first-order valence-corrected chi connectivity index (χ1v) is 9.70. The van der Waals surface area contributed by atoms with Gasteiger partial charge in [-0.25, -0.2) is 13.1 Å². The lowest BCUT2D eigenvalue weighted by atomic mass is 10.2. The molecule has 140 valence electrons. The summed E-state index contributed by atoms with van der Waals surface area (Å²) in [6.07, 6.45) is 2.58. The van der Waals surface area contributed by atoms with Crippen LogP contribution in [0.3, 0.4) is 0 Å². The number of nitrogens with zero attached hydrogens (tertiary/aromatic N) is 1. The monoisotopic (exact) mass is 389 g/mol. The fourth-order valence-corrected chi connectivity index (χ4v) is 4.24. The standard InChI is InChI=1S/C16H23N3O4S.ClH/c1-23-14-6-3-12(16(20)19-9-2-7-17-8-10-19)11-15(14)24(21,22)18-13-4-5-13;/h3,6,11,13,17-18H,2,4-5,7-10H2,1H3;1H. The van der Waals surface area contributed by atoms with Gasteiger partial charge in [0, 0.05) is 31.2 Å². The molecule has 1 aromatic carbocycles. The number of rotatable bonds is 5. The van der Waals surface area contributed by atoms with E-state index in [2.05, 4.69) is 10.0 Å². The van der Waals surface area contributed by atoms with E-state index in [1.54, 1.807) is 17.0 Å². The summed E-state index contributed by atoms with van der Waals surface area (Å²) in [5.74, 6) is 0.0986. The lowest BCUT2D eigenvalue weighted by Crippen LogP contribution is -2.34. The van der Waals surface area contributed by atoms with Crippen molar-refractivity contribution < 1.29 is 17.9 Å². The Kier molecular flexibility index (Phi) is 6.67. The average Bonchev–Trinajstić information content (AvgIpc) is 3.40. The summed E-state index contributed by atoms with van der Waals surface area (Å²) in [6, 6.07) is 4.58. The molecule has 7 nitrogen and oxygen atoms in total. The van der Waals surface area contributed by atoms with E-state index in [-0.39, 0.29) is 35.0 Å². The average molecular weight is 390 g/mol. The van der Waals surface area contributed by atoms with Gasteiger partial charge in [0.2, 0.25) is 10.0 Å². The van der Waals surface area contributed by atoms with Crippen molar-refractivity contribution in [3.8, 4) is 5.75 Å². The van der Waals surface area contributed by atoms with Gasteiger partial charge in [-0.05, 0) is 44.0 Å². The number of hydrogen-bond donors (Lipinski definition) is 2. The maximum atomic E-state index is 12.7. The SMILES string of the molecule is COc1ccc(C(=O)N2CCCNCC2)cc1S(=O)(=O)NC1CC1.Cl. The first kappa shape index (κ1) is 20.0. The second kappa shape index (κ2) is 8.35. The van der Waals surface area contributed by atoms with Gasteiger partial charge in [-0.15, -0.1) is 12.4 Å². The van der Waals surface area contributed by atoms with Gasteiger partial charge >= 0.3 is 0 Å². The number of halogens is 1. The van der Waals surface area contributed by atoms with Crippen molar-refractivity contribution in [3.05, 3.63) is 23.8 Å². The van der Waals surface area contributed by atoms with E-state index < -0.39 is 10.0 Å². The summed E-state index contributed by atoms with van der Waals surface area (Å²) >= 11 is 0. The Morgan fingerprint density at radius 3 is 2.72 bits per heavy atom. The van der Waals surface area contributed by atoms with Crippen LogP contribution in [0.15, 0.2) is 23.1 Å². The largest absolute Gasteiger partial charge is 0.495 e. The molecule has 2 N–H and O–H groups in total. The fraction of sp³-hybridized carbons (Fsp3) is 0.562. The van der Waals surface area contributed by atoms with Crippen LogP contribution in [-0.2, 0) is 10.0 Å². The predicted octanol–water partition coefficient (Wildman–Crippen LogP) is 0.993. The van der Waals surface area contributed by atoms with E-state index in [0.717, 1.165) is 32.4 Å². The van der Waals surface area contributed by atoms with E-state index in [1.807, 2.05) is 0 Å². The second-order valence-corrected chi connectivity index (χ2v) is 7.84. The molecule has 0 spiro atoms. The molecule has 2 fully saturated rings. The summed E-state index contributed by atoms with van der Waals surface area (Å²) in [5.41, 5.74) is 0.369. The van der Waals surface area contributed by atoms with Crippen LogP contribution in [0.1, 0.15) is 29.6 Å². The number of carbonyl (C=O) groups is 1. The summed E-state index contributed by atoms with van der Waals surface area (Å²) in [6.45, 7) is 2.92. The number of benzene rings is 1. The Labute approximate surface area is 154 Å². The van der Waals surface area contributed by atoms with E-state index >= 15 is 0 Å². The maximum absolute atomic E-state index is 12.7. The first-order chi connectivity index (χ1) is 11.5. The molecule has 0 bridgehead atoms. The third-order valence-electron chi connectivity index (χ3n) is 4.23. The highest BCUT2D eigenvalue weighted by Gasteiger charge is 2.30. The van der Waals surface area contributed by atoms with Crippen LogP contribution in [0.5, 0.6) is 5.75 Å². The third kappa shape index (κ3) is 4.84. The lowest BCUT2D eigenvalue weighted by molar-refractivity contribution is 0.0766. The molecule has 3 rings (SSSR count). The number of sulfonamides is 1. The van der Waals surface area contributed by atoms with Crippen LogP contribution < -0.4 is 14.8 Å². The van der Waals surface area contributed by atoms with E-state index in [1.165, 1.54) is 13.2 Å². The molecule has 0 aromatic heterocycles. The summed E-state index contributed by atoms with van der Waals surface area (Å²) in [7, 11) is -2.27. The van der Waals surface area contributed by atoms with Crippen LogP contribution in [-0.4, -0.2) is 58.6 Å². The van der Waals surface area contributed by atoms with Gasteiger partial charge in [0.05, 0.1) is 7.11 Å². The zero-order valence-electron chi connectivity index (χ0n) is 14.2. The molecule has 1 saturated carbocycles. The highest BCUT2D eigenvalue weighted by molar-refractivity contribution is 7.89. The van der Waals surface area contributed by atoms with Crippen LogP contribution in [0.4, 0.5) is 0 Å². The van der Waals surface area contributed by atoms with Gasteiger partial charge in [-0.2, -0.15) is 0 Å². The van der Waals surface area contributed by atoms with E-state index in [4.69, 9.17) is 4.74 Å². The van der Waals surface area contributed by atoms with Gasteiger partial charge in [-0.3, -0.25) is 4.79 Å². The Morgan fingerprint density at radius 2 is 2.04 bits per heavy atom. The topological polar surface area (TPSA) is 87.7 Å². The Bertz CT molecular complexity index is 714. The minimum Gasteiger partial charge on any atom is -0.495 e. The molecule has 1 saturated heterocycles. The van der Waals surface area contributed by atoms with Crippen molar-refractivity contribution in [2.24, 2.45) is 0 Å². The van der Waals surface area contributed by atoms with Crippen molar-refractivity contribution in [2.45, 2.75) is 30.2 Å². The fourth-order valence-electron chi connectivity index (χ4n) is 2.74. The predicted molar refractivity (Wildman–Crippen MR) is 97.0 cm³/mol. The van der Waals surface area contributed by atoms with Crippen molar-refractivity contribution >= 4 is 28.3 Å². The molecular formula is C16H24ClN3O4S. The molecule has 9 heteroatoms. The Hall–Kier alpha value is -1.35. The molecule has 0 unspecified atom stereocenters. The summed E-state index contributed by atoms with van der Waals surface area (Å²) in [5, 5.41) is 3.25.